The van der Waals surface area contributed by atoms with Crippen LogP contribution in [0.2, 0.25) is 0 Å². The first-order chi connectivity index (χ1) is 11.2. The first-order valence-electron chi connectivity index (χ1n) is 8.74. The molecule has 0 unspecified atom stereocenters. The predicted octanol–water partition coefficient (Wildman–Crippen LogP) is 3.52. The highest BCUT2D eigenvalue weighted by atomic mass is 16.1. The number of hydrogen-bond donors (Lipinski definition) is 1. The molecule has 1 heterocycles. The van der Waals surface area contributed by atoms with Crippen LogP contribution in [0.5, 0.6) is 0 Å². The second-order valence-electron chi connectivity index (χ2n) is 6.42. The molecule has 3 rings (SSSR count). The lowest BCUT2D eigenvalue weighted by atomic mass is 9.90. The number of fused-ring (bicyclic) bond motifs is 1. The van der Waals surface area contributed by atoms with Gasteiger partial charge in [0, 0.05) is 18.7 Å². The molecule has 0 fully saturated rings. The molecule has 0 aliphatic heterocycles. The van der Waals surface area contributed by atoms with E-state index in [1.807, 2.05) is 17.7 Å². The third-order valence-electron chi connectivity index (χ3n) is 4.71. The maximum absolute atomic E-state index is 12.8. The molecule has 2 aromatic rings. The van der Waals surface area contributed by atoms with Gasteiger partial charge < -0.3 is 9.88 Å². The number of rotatable bonds is 5. The van der Waals surface area contributed by atoms with Crippen LogP contribution in [0.15, 0.2) is 35.1 Å². The van der Waals surface area contributed by atoms with Gasteiger partial charge in [0.2, 0.25) is 0 Å². The molecular weight excluding hydrogens is 284 g/mol. The van der Waals surface area contributed by atoms with Gasteiger partial charge in [-0.25, -0.2) is 0 Å². The number of benzene rings is 1. The van der Waals surface area contributed by atoms with Crippen molar-refractivity contribution in [3.05, 3.63) is 57.4 Å². The number of aromatic nitrogens is 1. The fourth-order valence-corrected chi connectivity index (χ4v) is 3.54. The van der Waals surface area contributed by atoms with E-state index >= 15 is 0 Å². The van der Waals surface area contributed by atoms with Crippen LogP contribution in [0.3, 0.4) is 0 Å². The fourth-order valence-electron chi connectivity index (χ4n) is 3.54. The third kappa shape index (κ3) is 3.25. The number of nitrogens with one attached hydrogen (secondary N) is 1. The van der Waals surface area contributed by atoms with Gasteiger partial charge in [-0.05, 0) is 68.0 Å². The van der Waals surface area contributed by atoms with Gasteiger partial charge in [0.25, 0.3) is 5.56 Å². The molecule has 1 aliphatic carbocycles. The third-order valence-corrected chi connectivity index (χ3v) is 4.71. The Balaban J connectivity index is 2.08. The van der Waals surface area contributed by atoms with Gasteiger partial charge in [-0.3, -0.25) is 4.79 Å². The van der Waals surface area contributed by atoms with Crippen molar-refractivity contribution < 1.29 is 0 Å². The lowest BCUT2D eigenvalue weighted by Crippen LogP contribution is -2.27. The summed E-state index contributed by atoms with van der Waals surface area (Å²) in [6.07, 6.45) is 5.89. The molecule has 3 nitrogen and oxygen atoms in total. The van der Waals surface area contributed by atoms with Gasteiger partial charge in [-0.15, -0.1) is 0 Å². The normalized spacial score (nSPS) is 13.8. The summed E-state index contributed by atoms with van der Waals surface area (Å²) in [4.78, 5) is 12.8. The molecule has 0 saturated carbocycles. The maximum Gasteiger partial charge on any atom is 0.255 e. The molecule has 0 amide bonds. The van der Waals surface area contributed by atoms with Crippen molar-refractivity contribution in [3.63, 3.8) is 0 Å². The molecule has 0 atom stereocenters. The molecule has 3 heteroatoms. The summed E-state index contributed by atoms with van der Waals surface area (Å²) in [7, 11) is 1.88. The Bertz CT molecular complexity index is 746. The van der Waals surface area contributed by atoms with Crippen LogP contribution in [0.25, 0.3) is 11.3 Å². The van der Waals surface area contributed by atoms with Gasteiger partial charge in [0.1, 0.15) is 0 Å². The van der Waals surface area contributed by atoms with Crippen LogP contribution in [-0.4, -0.2) is 11.6 Å². The highest BCUT2D eigenvalue weighted by molar-refractivity contribution is 5.62. The second-order valence-corrected chi connectivity index (χ2v) is 6.42. The Morgan fingerprint density at radius 2 is 1.87 bits per heavy atom. The minimum atomic E-state index is 0.136. The monoisotopic (exact) mass is 310 g/mol. The highest BCUT2D eigenvalue weighted by Gasteiger charge is 2.13. The standard InChI is InChI=1S/C20H26N2O/c1-3-12-22-19(11-10-18(14-21-2)20(22)23)17-9-8-15-6-4-5-7-16(15)13-17/h8-11,13,21H,3-7,12,14H2,1-2H3. The molecule has 1 aromatic heterocycles. The molecule has 0 radical (unpaired) electrons. The van der Waals surface area contributed by atoms with Crippen molar-refractivity contribution in [2.45, 2.75) is 52.1 Å². The Morgan fingerprint density at radius 1 is 1.09 bits per heavy atom. The Hall–Kier alpha value is -1.87. The van der Waals surface area contributed by atoms with Crippen molar-refractivity contribution in [3.8, 4) is 11.3 Å². The van der Waals surface area contributed by atoms with Crippen LogP contribution >= 0.6 is 0 Å². The van der Waals surface area contributed by atoms with Gasteiger partial charge in [-0.1, -0.05) is 25.1 Å². The smallest absolute Gasteiger partial charge is 0.255 e. The van der Waals surface area contributed by atoms with Crippen LogP contribution in [0.1, 0.15) is 42.9 Å². The van der Waals surface area contributed by atoms with E-state index in [9.17, 15) is 4.79 Å². The molecule has 0 spiro atoms. The summed E-state index contributed by atoms with van der Waals surface area (Å²) in [6, 6.07) is 10.8. The van der Waals surface area contributed by atoms with Gasteiger partial charge in [0.15, 0.2) is 0 Å². The lowest BCUT2D eigenvalue weighted by Gasteiger charge is -2.19. The van der Waals surface area contributed by atoms with Crippen LogP contribution in [0.4, 0.5) is 0 Å². The van der Waals surface area contributed by atoms with Crippen molar-refractivity contribution >= 4 is 0 Å². The minimum Gasteiger partial charge on any atom is -0.315 e. The molecular formula is C20H26N2O. The van der Waals surface area contributed by atoms with Crippen molar-refractivity contribution in [1.82, 2.24) is 9.88 Å². The van der Waals surface area contributed by atoms with E-state index in [1.165, 1.54) is 42.4 Å². The average molecular weight is 310 g/mol. The van der Waals surface area contributed by atoms with E-state index in [0.717, 1.165) is 24.2 Å². The number of aryl methyl sites for hydroxylation is 2. The van der Waals surface area contributed by atoms with Crippen molar-refractivity contribution in [1.29, 1.82) is 0 Å². The molecule has 1 aromatic carbocycles. The number of pyridine rings is 1. The quantitative estimate of drug-likeness (QED) is 0.917. The highest BCUT2D eigenvalue weighted by Crippen LogP contribution is 2.27. The fraction of sp³-hybridized carbons (Fsp3) is 0.450. The summed E-state index contributed by atoms with van der Waals surface area (Å²) in [5, 5.41) is 3.08. The van der Waals surface area contributed by atoms with Crippen molar-refractivity contribution in [2.24, 2.45) is 0 Å². The summed E-state index contributed by atoms with van der Waals surface area (Å²) in [6.45, 7) is 3.50. The topological polar surface area (TPSA) is 34.0 Å². The molecule has 122 valence electrons. The molecule has 23 heavy (non-hydrogen) atoms. The summed E-state index contributed by atoms with van der Waals surface area (Å²) in [5.41, 5.74) is 6.14. The van der Waals surface area contributed by atoms with Gasteiger partial charge >= 0.3 is 0 Å². The number of nitrogens with zero attached hydrogens (tertiary/aromatic N) is 1. The summed E-state index contributed by atoms with van der Waals surface area (Å²) >= 11 is 0. The van der Waals surface area contributed by atoms with E-state index in [1.54, 1.807) is 0 Å². The molecule has 1 aliphatic rings. The molecule has 0 bridgehead atoms. The van der Waals surface area contributed by atoms with E-state index in [4.69, 9.17) is 0 Å². The predicted molar refractivity (Wildman–Crippen MR) is 95.8 cm³/mol. The van der Waals surface area contributed by atoms with Gasteiger partial charge in [0.05, 0.1) is 5.69 Å². The van der Waals surface area contributed by atoms with Crippen LogP contribution in [-0.2, 0) is 25.9 Å². The maximum atomic E-state index is 12.8. The van der Waals surface area contributed by atoms with Crippen molar-refractivity contribution in [2.75, 3.05) is 7.05 Å². The van der Waals surface area contributed by atoms with E-state index in [2.05, 4.69) is 36.5 Å². The minimum absolute atomic E-state index is 0.136. The first kappa shape index (κ1) is 16.0. The lowest BCUT2D eigenvalue weighted by molar-refractivity contribution is 0.647. The molecule has 1 N–H and O–H groups in total. The largest absolute Gasteiger partial charge is 0.315 e. The zero-order valence-corrected chi connectivity index (χ0v) is 14.2. The second kappa shape index (κ2) is 7.14. The van der Waals surface area contributed by atoms with Crippen LogP contribution < -0.4 is 10.9 Å². The Labute approximate surface area is 138 Å². The molecule has 0 saturated heterocycles. The number of hydrogen-bond acceptors (Lipinski definition) is 2. The SMILES string of the molecule is CCCn1c(-c2ccc3c(c2)CCCC3)ccc(CNC)c1=O. The average Bonchev–Trinajstić information content (AvgIpc) is 2.58. The summed E-state index contributed by atoms with van der Waals surface area (Å²) < 4.78 is 1.94. The van der Waals surface area contributed by atoms with E-state index in [0.29, 0.717) is 6.54 Å². The zero-order valence-electron chi connectivity index (χ0n) is 14.2. The zero-order chi connectivity index (χ0) is 16.2. The van der Waals surface area contributed by atoms with E-state index < -0.39 is 0 Å². The summed E-state index contributed by atoms with van der Waals surface area (Å²) in [5.74, 6) is 0. The van der Waals surface area contributed by atoms with Crippen LogP contribution in [0, 0.1) is 0 Å². The Kier molecular flexibility index (Phi) is 4.97. The Morgan fingerprint density at radius 3 is 2.61 bits per heavy atom. The van der Waals surface area contributed by atoms with E-state index in [-0.39, 0.29) is 5.56 Å². The van der Waals surface area contributed by atoms with Gasteiger partial charge in [-0.2, -0.15) is 0 Å². The first-order valence-corrected chi connectivity index (χ1v) is 8.74.